The number of hydrogen-bond donors (Lipinski definition) is 0. The zero-order valence-corrected chi connectivity index (χ0v) is 14.9. The van der Waals surface area contributed by atoms with E-state index in [0.717, 1.165) is 16.9 Å². The Labute approximate surface area is 153 Å². The van der Waals surface area contributed by atoms with Crippen LogP contribution in [-0.4, -0.2) is 19.7 Å². The van der Waals surface area contributed by atoms with E-state index in [0.29, 0.717) is 24.5 Å². The Morgan fingerprint density at radius 2 is 1.96 bits per heavy atom. The largest absolute Gasteiger partial charge is 0.493 e. The first-order valence-corrected chi connectivity index (χ1v) is 8.27. The van der Waals surface area contributed by atoms with Crippen LogP contribution in [0.1, 0.15) is 24.0 Å². The van der Waals surface area contributed by atoms with E-state index in [2.05, 4.69) is 0 Å². The second kappa shape index (κ2) is 9.90. The monoisotopic (exact) mass is 351 g/mol. The van der Waals surface area contributed by atoms with Gasteiger partial charge in [0.15, 0.2) is 11.5 Å². The first kappa shape index (κ1) is 19.1. The molecule has 5 heteroatoms. The van der Waals surface area contributed by atoms with Gasteiger partial charge in [-0.3, -0.25) is 4.79 Å². The molecule has 0 heterocycles. The van der Waals surface area contributed by atoms with E-state index in [1.807, 2.05) is 37.3 Å². The Bertz CT molecular complexity index is 821. The molecule has 0 saturated heterocycles. The SMILES string of the molecule is COc1cc(/C=C\C#N)ccc1OC(=O)CCCOc1ccccc1C. The van der Waals surface area contributed by atoms with Crippen molar-refractivity contribution in [3.8, 4) is 23.3 Å². The number of methoxy groups -OCH3 is 1. The Morgan fingerprint density at radius 3 is 2.69 bits per heavy atom. The van der Waals surface area contributed by atoms with Gasteiger partial charge >= 0.3 is 5.97 Å². The molecule has 26 heavy (non-hydrogen) atoms. The average Bonchev–Trinajstić information content (AvgIpc) is 2.65. The number of aryl methyl sites for hydroxylation is 1. The average molecular weight is 351 g/mol. The number of benzene rings is 2. The Balaban J connectivity index is 1.84. The summed E-state index contributed by atoms with van der Waals surface area (Å²) in [7, 11) is 1.50. The summed E-state index contributed by atoms with van der Waals surface area (Å²) in [5, 5.41) is 8.57. The maximum absolute atomic E-state index is 12.0. The number of esters is 1. The summed E-state index contributed by atoms with van der Waals surface area (Å²) >= 11 is 0. The highest BCUT2D eigenvalue weighted by molar-refractivity contribution is 5.73. The van der Waals surface area contributed by atoms with Crippen LogP contribution in [0, 0.1) is 18.3 Å². The van der Waals surface area contributed by atoms with Crippen LogP contribution in [0.5, 0.6) is 17.2 Å². The molecule has 0 saturated carbocycles. The van der Waals surface area contributed by atoms with Crippen LogP contribution in [0.25, 0.3) is 6.08 Å². The zero-order chi connectivity index (χ0) is 18.8. The number of hydrogen-bond acceptors (Lipinski definition) is 5. The number of nitrogens with zero attached hydrogens (tertiary/aromatic N) is 1. The number of ether oxygens (including phenoxy) is 3. The maximum Gasteiger partial charge on any atom is 0.311 e. The molecule has 2 rings (SSSR count). The number of carbonyl (C=O) groups excluding carboxylic acids is 1. The first-order valence-electron chi connectivity index (χ1n) is 8.27. The van der Waals surface area contributed by atoms with Gasteiger partial charge in [0.1, 0.15) is 5.75 Å². The molecule has 0 aliphatic carbocycles. The summed E-state index contributed by atoms with van der Waals surface area (Å²) in [6.45, 7) is 2.42. The number of allylic oxidation sites excluding steroid dienone is 1. The minimum absolute atomic E-state index is 0.241. The lowest BCUT2D eigenvalue weighted by Crippen LogP contribution is -2.10. The van der Waals surface area contributed by atoms with Crippen LogP contribution in [0.3, 0.4) is 0 Å². The van der Waals surface area contributed by atoms with Crippen LogP contribution in [0.2, 0.25) is 0 Å². The van der Waals surface area contributed by atoms with Gasteiger partial charge in [0.2, 0.25) is 0 Å². The lowest BCUT2D eigenvalue weighted by atomic mass is 10.2. The van der Waals surface area contributed by atoms with Crippen molar-refractivity contribution >= 4 is 12.0 Å². The van der Waals surface area contributed by atoms with Crippen molar-refractivity contribution in [3.63, 3.8) is 0 Å². The molecule has 0 unspecified atom stereocenters. The predicted octanol–water partition coefficient (Wildman–Crippen LogP) is 4.31. The highest BCUT2D eigenvalue weighted by atomic mass is 16.6. The van der Waals surface area contributed by atoms with Crippen LogP contribution in [0.15, 0.2) is 48.5 Å². The van der Waals surface area contributed by atoms with E-state index in [1.54, 1.807) is 24.3 Å². The van der Waals surface area contributed by atoms with E-state index < -0.39 is 0 Å². The molecule has 0 aliphatic heterocycles. The topological polar surface area (TPSA) is 68.5 Å². The van der Waals surface area contributed by atoms with Crippen molar-refractivity contribution < 1.29 is 19.0 Å². The fourth-order valence-electron chi connectivity index (χ4n) is 2.30. The summed E-state index contributed by atoms with van der Waals surface area (Å²) in [4.78, 5) is 12.0. The number of carbonyl (C=O) groups is 1. The number of rotatable bonds is 8. The molecule has 0 atom stereocenters. The molecule has 0 spiro atoms. The van der Waals surface area contributed by atoms with Crippen LogP contribution < -0.4 is 14.2 Å². The molecule has 0 aromatic heterocycles. The number of para-hydroxylation sites is 1. The number of nitriles is 1. The second-order valence-corrected chi connectivity index (χ2v) is 5.56. The predicted molar refractivity (Wildman–Crippen MR) is 99.2 cm³/mol. The van der Waals surface area contributed by atoms with E-state index in [4.69, 9.17) is 19.5 Å². The molecular weight excluding hydrogens is 330 g/mol. The molecule has 5 nitrogen and oxygen atoms in total. The first-order chi connectivity index (χ1) is 12.6. The standard InChI is InChI=1S/C21H21NO4/c1-16-7-3-4-9-18(16)25-14-6-10-21(23)26-19-12-11-17(8-5-13-22)15-20(19)24-2/h3-5,7-9,11-12,15H,6,10,14H2,1-2H3/b8-5-. The molecule has 2 aromatic rings. The van der Waals surface area contributed by atoms with Crippen molar-refractivity contribution in [2.24, 2.45) is 0 Å². The van der Waals surface area contributed by atoms with Crippen LogP contribution in [-0.2, 0) is 4.79 Å². The fourth-order valence-corrected chi connectivity index (χ4v) is 2.30. The van der Waals surface area contributed by atoms with Gasteiger partial charge in [-0.2, -0.15) is 5.26 Å². The third-order valence-corrected chi connectivity index (χ3v) is 3.64. The van der Waals surface area contributed by atoms with E-state index >= 15 is 0 Å². The van der Waals surface area contributed by atoms with E-state index in [-0.39, 0.29) is 12.4 Å². The third-order valence-electron chi connectivity index (χ3n) is 3.64. The summed E-state index contributed by atoms with van der Waals surface area (Å²) in [5.74, 6) is 1.27. The van der Waals surface area contributed by atoms with Crippen molar-refractivity contribution in [1.82, 2.24) is 0 Å². The lowest BCUT2D eigenvalue weighted by Gasteiger charge is -2.11. The highest BCUT2D eigenvalue weighted by Crippen LogP contribution is 2.29. The Kier molecular flexibility index (Phi) is 7.26. The highest BCUT2D eigenvalue weighted by Gasteiger charge is 2.10. The van der Waals surface area contributed by atoms with Gasteiger partial charge in [-0.15, -0.1) is 0 Å². The van der Waals surface area contributed by atoms with Crippen molar-refractivity contribution in [3.05, 3.63) is 59.7 Å². The molecular formula is C21H21NO4. The second-order valence-electron chi connectivity index (χ2n) is 5.56. The fraction of sp³-hybridized carbons (Fsp3) is 0.238. The van der Waals surface area contributed by atoms with Gasteiger partial charge in [-0.25, -0.2) is 0 Å². The van der Waals surface area contributed by atoms with Gasteiger partial charge in [-0.05, 0) is 48.7 Å². The normalized spacial score (nSPS) is 10.3. The molecule has 134 valence electrons. The molecule has 0 amide bonds. The van der Waals surface area contributed by atoms with Gasteiger partial charge in [0, 0.05) is 12.5 Å². The van der Waals surface area contributed by atoms with Gasteiger partial charge in [0.05, 0.1) is 19.8 Å². The zero-order valence-electron chi connectivity index (χ0n) is 14.9. The molecule has 2 aromatic carbocycles. The summed E-state index contributed by atoms with van der Waals surface area (Å²) in [6.07, 6.45) is 3.82. The molecule has 0 N–H and O–H groups in total. The summed E-state index contributed by atoms with van der Waals surface area (Å²) in [5.41, 5.74) is 1.85. The van der Waals surface area contributed by atoms with E-state index in [9.17, 15) is 4.79 Å². The molecule has 0 radical (unpaired) electrons. The lowest BCUT2D eigenvalue weighted by molar-refractivity contribution is -0.134. The maximum atomic E-state index is 12.0. The smallest absolute Gasteiger partial charge is 0.311 e. The van der Waals surface area contributed by atoms with Crippen molar-refractivity contribution in [2.45, 2.75) is 19.8 Å². The third kappa shape index (κ3) is 5.67. The molecule has 0 aliphatic rings. The van der Waals surface area contributed by atoms with Crippen molar-refractivity contribution in [2.75, 3.05) is 13.7 Å². The van der Waals surface area contributed by atoms with Gasteiger partial charge in [-0.1, -0.05) is 24.3 Å². The summed E-state index contributed by atoms with van der Waals surface area (Å²) < 4.78 is 16.3. The van der Waals surface area contributed by atoms with E-state index in [1.165, 1.54) is 13.2 Å². The quantitative estimate of drug-likeness (QED) is 0.307. The Morgan fingerprint density at radius 1 is 1.15 bits per heavy atom. The van der Waals surface area contributed by atoms with Gasteiger partial charge in [0.25, 0.3) is 0 Å². The van der Waals surface area contributed by atoms with Gasteiger partial charge < -0.3 is 14.2 Å². The minimum atomic E-state index is -0.350. The Hall–Kier alpha value is -3.26. The van der Waals surface area contributed by atoms with Crippen LogP contribution >= 0.6 is 0 Å². The molecule has 0 fully saturated rings. The minimum Gasteiger partial charge on any atom is -0.493 e. The summed E-state index contributed by atoms with van der Waals surface area (Å²) in [6, 6.07) is 14.8. The van der Waals surface area contributed by atoms with Crippen LogP contribution in [0.4, 0.5) is 0 Å². The molecule has 0 bridgehead atoms. The van der Waals surface area contributed by atoms with Crippen molar-refractivity contribution in [1.29, 1.82) is 5.26 Å².